The van der Waals surface area contributed by atoms with Crippen molar-refractivity contribution >= 4 is 11.9 Å². The highest BCUT2D eigenvalue weighted by atomic mass is 16.5. The quantitative estimate of drug-likeness (QED) is 0.590. The number of carboxylic acid groups (broad SMARTS) is 1. The lowest BCUT2D eigenvalue weighted by Gasteiger charge is -2.21. The maximum atomic E-state index is 11.8. The van der Waals surface area contributed by atoms with Gasteiger partial charge in [0.2, 0.25) is 5.91 Å². The molecule has 15 heavy (non-hydrogen) atoms. The number of carboxylic acids is 1. The van der Waals surface area contributed by atoms with Gasteiger partial charge in [0.25, 0.3) is 0 Å². The number of amides is 1. The van der Waals surface area contributed by atoms with Crippen LogP contribution < -0.4 is 0 Å². The lowest BCUT2D eigenvalue weighted by molar-refractivity contribution is -0.147. The van der Waals surface area contributed by atoms with Crippen LogP contribution in [0.25, 0.3) is 0 Å². The van der Waals surface area contributed by atoms with Gasteiger partial charge in [-0.05, 0) is 0 Å². The summed E-state index contributed by atoms with van der Waals surface area (Å²) >= 11 is 0. The molecule has 5 heteroatoms. The molecule has 1 N–H and O–H groups in total. The van der Waals surface area contributed by atoms with E-state index in [9.17, 15) is 9.59 Å². The summed E-state index contributed by atoms with van der Waals surface area (Å²) in [6.45, 7) is 0.466. The summed E-state index contributed by atoms with van der Waals surface area (Å²) in [5.41, 5.74) is -0.667. The Labute approximate surface area is 86.3 Å². The number of hydrogen-bond acceptors (Lipinski definition) is 3. The topological polar surface area (TPSA) is 66.8 Å². The van der Waals surface area contributed by atoms with E-state index in [-0.39, 0.29) is 5.91 Å². The summed E-state index contributed by atoms with van der Waals surface area (Å²) in [4.78, 5) is 24.5. The van der Waals surface area contributed by atoms with Crippen LogP contribution in [0.2, 0.25) is 0 Å². The molecule has 0 aliphatic carbocycles. The Morgan fingerprint density at radius 3 is 3.13 bits per heavy atom. The Morgan fingerprint density at radius 2 is 2.47 bits per heavy atom. The van der Waals surface area contributed by atoms with E-state index in [1.165, 1.54) is 0 Å². The fraction of sp³-hybridized carbons (Fsp3) is 0.600. The number of fused-ring (bicyclic) bond motifs is 1. The van der Waals surface area contributed by atoms with Crippen molar-refractivity contribution in [2.24, 2.45) is 11.8 Å². The van der Waals surface area contributed by atoms with Gasteiger partial charge in [0, 0.05) is 7.05 Å². The molecule has 0 aromatic carbocycles. The minimum atomic E-state index is -0.945. The third-order valence-electron chi connectivity index (χ3n) is 3.57. The summed E-state index contributed by atoms with van der Waals surface area (Å²) < 4.78 is 5.64. The van der Waals surface area contributed by atoms with Gasteiger partial charge in [-0.25, -0.2) is 0 Å². The fourth-order valence-corrected chi connectivity index (χ4v) is 2.97. The molecule has 3 aliphatic heterocycles. The second-order valence-corrected chi connectivity index (χ2v) is 4.43. The molecule has 3 aliphatic rings. The molecule has 2 bridgehead atoms. The number of ether oxygens (including phenoxy) is 1. The van der Waals surface area contributed by atoms with Crippen LogP contribution in [0.4, 0.5) is 0 Å². The number of carbonyl (C=O) groups excluding carboxylic acids is 1. The second-order valence-electron chi connectivity index (χ2n) is 4.43. The van der Waals surface area contributed by atoms with Gasteiger partial charge in [-0.15, -0.1) is 0 Å². The first-order valence-electron chi connectivity index (χ1n) is 4.90. The summed E-state index contributed by atoms with van der Waals surface area (Å²) in [6.07, 6.45) is 3.19. The zero-order valence-electron chi connectivity index (χ0n) is 8.21. The van der Waals surface area contributed by atoms with Gasteiger partial charge < -0.3 is 14.7 Å². The summed E-state index contributed by atoms with van der Waals surface area (Å²) in [6, 6.07) is 0. The first-order chi connectivity index (χ1) is 7.05. The van der Waals surface area contributed by atoms with Crippen molar-refractivity contribution < 1.29 is 19.4 Å². The molecule has 0 aromatic heterocycles. The van der Waals surface area contributed by atoms with Crippen LogP contribution in [-0.2, 0) is 14.3 Å². The maximum absolute atomic E-state index is 11.8. The predicted octanol–water partition coefficient (Wildman–Crippen LogP) is -0.517. The van der Waals surface area contributed by atoms with Crippen LogP contribution in [0.1, 0.15) is 0 Å². The number of carbonyl (C=O) groups is 2. The lowest BCUT2D eigenvalue weighted by atomic mass is 9.77. The Hall–Kier alpha value is -1.36. The van der Waals surface area contributed by atoms with Crippen LogP contribution in [0.5, 0.6) is 0 Å². The minimum absolute atomic E-state index is 0.116. The Morgan fingerprint density at radius 1 is 1.73 bits per heavy atom. The predicted molar refractivity (Wildman–Crippen MR) is 49.0 cm³/mol. The molecule has 0 aromatic rings. The number of likely N-dealkylation sites (N-methyl/N-ethyl adjacent to an activating group) is 1. The minimum Gasteiger partial charge on any atom is -0.481 e. The molecule has 80 valence electrons. The zero-order valence-corrected chi connectivity index (χ0v) is 8.21. The van der Waals surface area contributed by atoms with Crippen LogP contribution in [0.3, 0.4) is 0 Å². The van der Waals surface area contributed by atoms with Gasteiger partial charge in [0.05, 0.1) is 18.6 Å². The van der Waals surface area contributed by atoms with Crippen molar-refractivity contribution in [1.82, 2.24) is 4.90 Å². The summed E-state index contributed by atoms with van der Waals surface area (Å²) in [5.74, 6) is -2.31. The van der Waals surface area contributed by atoms with Gasteiger partial charge in [0.15, 0.2) is 0 Å². The van der Waals surface area contributed by atoms with Crippen LogP contribution in [0.15, 0.2) is 12.2 Å². The molecule has 2 unspecified atom stereocenters. The molecule has 0 radical (unpaired) electrons. The highest BCUT2D eigenvalue weighted by molar-refractivity contribution is 5.90. The van der Waals surface area contributed by atoms with E-state index in [4.69, 9.17) is 9.84 Å². The van der Waals surface area contributed by atoms with Crippen molar-refractivity contribution in [2.75, 3.05) is 13.6 Å². The highest BCUT2D eigenvalue weighted by Gasteiger charge is 2.66. The van der Waals surface area contributed by atoms with Gasteiger partial charge in [-0.3, -0.25) is 9.59 Å². The molecular weight excluding hydrogens is 198 g/mol. The molecule has 0 saturated carbocycles. The second kappa shape index (κ2) is 2.41. The number of nitrogens with zero attached hydrogens (tertiary/aromatic N) is 1. The molecule has 3 rings (SSSR count). The van der Waals surface area contributed by atoms with Crippen LogP contribution in [0, 0.1) is 11.8 Å². The normalized spacial score (nSPS) is 46.3. The smallest absolute Gasteiger partial charge is 0.310 e. The number of aliphatic carboxylic acids is 1. The molecule has 5 nitrogen and oxygen atoms in total. The Balaban J connectivity index is 2.08. The Bertz CT molecular complexity index is 391. The average molecular weight is 209 g/mol. The van der Waals surface area contributed by atoms with Gasteiger partial charge in [-0.2, -0.15) is 0 Å². The van der Waals surface area contributed by atoms with Crippen molar-refractivity contribution in [3.05, 3.63) is 12.2 Å². The third kappa shape index (κ3) is 0.866. The van der Waals surface area contributed by atoms with Gasteiger partial charge in [0.1, 0.15) is 11.5 Å². The van der Waals surface area contributed by atoms with E-state index in [0.29, 0.717) is 6.54 Å². The van der Waals surface area contributed by atoms with Crippen LogP contribution >= 0.6 is 0 Å². The maximum Gasteiger partial charge on any atom is 0.310 e. The first-order valence-corrected chi connectivity index (χ1v) is 4.90. The molecule has 1 amide bonds. The lowest BCUT2D eigenvalue weighted by Crippen LogP contribution is -2.38. The molecule has 2 fully saturated rings. The van der Waals surface area contributed by atoms with Crippen LogP contribution in [-0.4, -0.2) is 47.2 Å². The van der Waals surface area contributed by atoms with E-state index >= 15 is 0 Å². The molecule has 1 spiro atoms. The zero-order chi connectivity index (χ0) is 10.8. The third-order valence-corrected chi connectivity index (χ3v) is 3.57. The SMILES string of the molecule is CN1C[C@@]23C=C[C@@H](O2)C(C(=O)O)C3C1=O. The van der Waals surface area contributed by atoms with E-state index < -0.39 is 29.5 Å². The Kier molecular flexibility index (Phi) is 1.43. The fourth-order valence-electron chi connectivity index (χ4n) is 2.97. The van der Waals surface area contributed by atoms with Crippen molar-refractivity contribution in [1.29, 1.82) is 0 Å². The number of hydrogen-bond donors (Lipinski definition) is 1. The summed E-state index contributed by atoms with van der Waals surface area (Å²) in [5, 5.41) is 9.10. The van der Waals surface area contributed by atoms with Crippen molar-refractivity contribution in [3.63, 3.8) is 0 Å². The molecular formula is C10H11NO4. The van der Waals surface area contributed by atoms with E-state index in [1.54, 1.807) is 18.0 Å². The first kappa shape index (κ1) is 8.91. The van der Waals surface area contributed by atoms with E-state index in [2.05, 4.69) is 0 Å². The average Bonchev–Trinajstić information content (AvgIpc) is 2.75. The molecule has 4 atom stereocenters. The van der Waals surface area contributed by atoms with Gasteiger partial charge in [-0.1, -0.05) is 12.2 Å². The van der Waals surface area contributed by atoms with E-state index in [1.807, 2.05) is 6.08 Å². The van der Waals surface area contributed by atoms with E-state index in [0.717, 1.165) is 0 Å². The monoisotopic (exact) mass is 209 g/mol. The van der Waals surface area contributed by atoms with Crippen molar-refractivity contribution in [3.8, 4) is 0 Å². The molecule has 2 saturated heterocycles. The standard InChI is InChI=1S/C10H11NO4/c1-11-4-10-3-2-5(15-10)6(9(13)14)7(10)8(11)12/h2-3,5-7H,4H2,1H3,(H,13,14)/t5-,6?,7?,10-/m1/s1. The largest absolute Gasteiger partial charge is 0.481 e. The van der Waals surface area contributed by atoms with Crippen molar-refractivity contribution in [2.45, 2.75) is 11.7 Å². The molecule has 3 heterocycles. The number of rotatable bonds is 1. The highest BCUT2D eigenvalue weighted by Crippen LogP contribution is 2.51. The summed E-state index contributed by atoms with van der Waals surface area (Å²) in [7, 11) is 1.68. The number of likely N-dealkylation sites (tertiary alicyclic amines) is 1. The van der Waals surface area contributed by atoms with Gasteiger partial charge >= 0.3 is 5.97 Å².